The maximum absolute atomic E-state index is 5.58. The molecular weight excluding hydrogens is 326 g/mol. The van der Waals surface area contributed by atoms with Crippen molar-refractivity contribution in [2.45, 2.75) is 57.5 Å². The molecule has 1 aromatic carbocycles. The van der Waals surface area contributed by atoms with Crippen LogP contribution in [0.5, 0.6) is 0 Å². The third kappa shape index (κ3) is 4.15. The maximum atomic E-state index is 5.58. The summed E-state index contributed by atoms with van der Waals surface area (Å²) in [6.45, 7) is 3.55. The third-order valence-corrected chi connectivity index (χ3v) is 5.94. The van der Waals surface area contributed by atoms with Gasteiger partial charge >= 0.3 is 0 Å². The van der Waals surface area contributed by atoms with Gasteiger partial charge in [0.15, 0.2) is 5.82 Å². The summed E-state index contributed by atoms with van der Waals surface area (Å²) in [5.41, 5.74) is 1.43. The van der Waals surface area contributed by atoms with Crippen LogP contribution in [0.15, 0.2) is 34.9 Å². The molecule has 4 rings (SSSR count). The second-order valence-electron chi connectivity index (χ2n) is 7.76. The Kier molecular flexibility index (Phi) is 5.65. The quantitative estimate of drug-likeness (QED) is 0.853. The fraction of sp³-hybridized carbons (Fsp3) is 0.619. The fourth-order valence-electron chi connectivity index (χ4n) is 4.55. The van der Waals surface area contributed by atoms with E-state index in [2.05, 4.69) is 45.8 Å². The fourth-order valence-corrected chi connectivity index (χ4v) is 4.55. The first-order chi connectivity index (χ1) is 12.8. The van der Waals surface area contributed by atoms with Crippen LogP contribution >= 0.6 is 0 Å². The number of hydrogen-bond donors (Lipinski definition) is 1. The lowest BCUT2D eigenvalue weighted by Gasteiger charge is -2.32. The predicted octanol–water partition coefficient (Wildman–Crippen LogP) is 3.85. The number of nitrogens with one attached hydrogen (secondary N) is 1. The molecule has 5 heteroatoms. The van der Waals surface area contributed by atoms with Crippen LogP contribution in [0.4, 0.5) is 0 Å². The summed E-state index contributed by atoms with van der Waals surface area (Å²) in [4.78, 5) is 4.56. The Bertz CT molecular complexity index is 682. The molecule has 1 aliphatic carbocycles. The van der Waals surface area contributed by atoms with E-state index < -0.39 is 0 Å². The van der Waals surface area contributed by atoms with Crippen LogP contribution in [0.2, 0.25) is 0 Å². The van der Waals surface area contributed by atoms with E-state index in [1.807, 2.05) is 6.92 Å². The summed E-state index contributed by atoms with van der Waals surface area (Å²) < 4.78 is 11.1. The van der Waals surface area contributed by atoms with Gasteiger partial charge in [0, 0.05) is 19.3 Å². The number of aryl methyl sites for hydroxylation is 1. The standard InChI is InChI=1S/C21H29N3O2/c1-15-22-21(26-24-15)20(17-10-12-25-13-11-17)23-19-9-5-8-18(19)14-16-6-3-2-4-7-16/h2-4,6-7,17-20,23H,5,8-14H2,1H3/t18-,19+,20+/m0/s1. The van der Waals surface area contributed by atoms with Crippen LogP contribution < -0.4 is 5.32 Å². The van der Waals surface area contributed by atoms with Crippen LogP contribution in [0, 0.1) is 18.8 Å². The molecule has 0 spiro atoms. The van der Waals surface area contributed by atoms with Crippen molar-refractivity contribution in [1.29, 1.82) is 0 Å². The van der Waals surface area contributed by atoms with Crippen molar-refractivity contribution in [1.82, 2.24) is 15.5 Å². The number of nitrogens with zero attached hydrogens (tertiary/aromatic N) is 2. The Morgan fingerprint density at radius 2 is 1.92 bits per heavy atom. The molecule has 2 heterocycles. The highest BCUT2D eigenvalue weighted by Crippen LogP contribution is 2.35. The smallest absolute Gasteiger partial charge is 0.244 e. The molecular formula is C21H29N3O2. The van der Waals surface area contributed by atoms with Gasteiger partial charge in [0.05, 0.1) is 6.04 Å². The van der Waals surface area contributed by atoms with Crippen LogP contribution in [0.1, 0.15) is 55.4 Å². The van der Waals surface area contributed by atoms with Crippen molar-refractivity contribution >= 4 is 0 Å². The number of ether oxygens (including phenoxy) is 1. The average Bonchev–Trinajstić information content (AvgIpc) is 3.30. The Morgan fingerprint density at radius 1 is 1.12 bits per heavy atom. The zero-order valence-electron chi connectivity index (χ0n) is 15.6. The molecule has 0 bridgehead atoms. The Morgan fingerprint density at radius 3 is 2.65 bits per heavy atom. The van der Waals surface area contributed by atoms with Gasteiger partial charge in [-0.05, 0) is 56.4 Å². The molecule has 1 saturated heterocycles. The molecule has 1 saturated carbocycles. The Hall–Kier alpha value is -1.72. The minimum Gasteiger partial charge on any atom is -0.381 e. The van der Waals surface area contributed by atoms with E-state index in [9.17, 15) is 0 Å². The second kappa shape index (κ2) is 8.31. The number of hydrogen-bond acceptors (Lipinski definition) is 5. The molecule has 1 aromatic heterocycles. The van der Waals surface area contributed by atoms with Crippen molar-refractivity contribution in [3.63, 3.8) is 0 Å². The Balaban J connectivity index is 1.48. The summed E-state index contributed by atoms with van der Waals surface area (Å²) >= 11 is 0. The molecule has 3 atom stereocenters. The molecule has 0 unspecified atom stereocenters. The van der Waals surface area contributed by atoms with E-state index in [0.717, 1.165) is 38.4 Å². The van der Waals surface area contributed by atoms with Crippen LogP contribution in [-0.4, -0.2) is 29.4 Å². The number of aromatic nitrogens is 2. The molecule has 140 valence electrons. The lowest BCUT2D eigenvalue weighted by molar-refractivity contribution is 0.0457. The van der Waals surface area contributed by atoms with Gasteiger partial charge in [-0.3, -0.25) is 0 Å². The molecule has 2 aliphatic rings. The minimum absolute atomic E-state index is 0.140. The summed E-state index contributed by atoms with van der Waals surface area (Å²) in [5.74, 6) is 2.64. The molecule has 5 nitrogen and oxygen atoms in total. The van der Waals surface area contributed by atoms with Gasteiger partial charge in [0.1, 0.15) is 0 Å². The van der Waals surface area contributed by atoms with Gasteiger partial charge in [-0.25, -0.2) is 0 Å². The molecule has 2 aromatic rings. The highest BCUT2D eigenvalue weighted by atomic mass is 16.5. The van der Waals surface area contributed by atoms with Gasteiger partial charge in [0.25, 0.3) is 0 Å². The highest BCUT2D eigenvalue weighted by molar-refractivity contribution is 5.16. The van der Waals surface area contributed by atoms with Gasteiger partial charge in [0.2, 0.25) is 5.89 Å². The topological polar surface area (TPSA) is 60.2 Å². The minimum atomic E-state index is 0.140. The predicted molar refractivity (Wildman–Crippen MR) is 99.7 cm³/mol. The van der Waals surface area contributed by atoms with Gasteiger partial charge in [-0.2, -0.15) is 4.98 Å². The molecule has 1 aliphatic heterocycles. The molecule has 26 heavy (non-hydrogen) atoms. The lowest BCUT2D eigenvalue weighted by atomic mass is 9.88. The van der Waals surface area contributed by atoms with Crippen molar-refractivity contribution in [3.05, 3.63) is 47.6 Å². The average molecular weight is 355 g/mol. The van der Waals surface area contributed by atoms with E-state index in [0.29, 0.717) is 23.7 Å². The van der Waals surface area contributed by atoms with E-state index in [1.165, 1.54) is 24.8 Å². The monoisotopic (exact) mass is 355 g/mol. The highest BCUT2D eigenvalue weighted by Gasteiger charge is 2.35. The van der Waals surface area contributed by atoms with Crippen molar-refractivity contribution in [2.75, 3.05) is 13.2 Å². The Labute approximate surface area is 155 Å². The first-order valence-electron chi connectivity index (χ1n) is 9.97. The molecule has 0 amide bonds. The van der Waals surface area contributed by atoms with Crippen LogP contribution in [0.25, 0.3) is 0 Å². The normalized spacial score (nSPS) is 25.4. The molecule has 2 fully saturated rings. The summed E-state index contributed by atoms with van der Waals surface area (Å²) in [7, 11) is 0. The zero-order chi connectivity index (χ0) is 17.8. The first-order valence-corrected chi connectivity index (χ1v) is 9.97. The van der Waals surface area contributed by atoms with E-state index in [-0.39, 0.29) is 6.04 Å². The van der Waals surface area contributed by atoms with E-state index in [4.69, 9.17) is 9.26 Å². The zero-order valence-corrected chi connectivity index (χ0v) is 15.6. The van der Waals surface area contributed by atoms with E-state index >= 15 is 0 Å². The maximum Gasteiger partial charge on any atom is 0.244 e. The van der Waals surface area contributed by atoms with Crippen molar-refractivity contribution in [2.24, 2.45) is 11.8 Å². The van der Waals surface area contributed by atoms with Gasteiger partial charge < -0.3 is 14.6 Å². The van der Waals surface area contributed by atoms with Crippen molar-refractivity contribution in [3.8, 4) is 0 Å². The first kappa shape index (κ1) is 17.7. The van der Waals surface area contributed by atoms with Crippen LogP contribution in [-0.2, 0) is 11.2 Å². The second-order valence-corrected chi connectivity index (χ2v) is 7.76. The lowest BCUT2D eigenvalue weighted by Crippen LogP contribution is -2.41. The number of rotatable bonds is 6. The van der Waals surface area contributed by atoms with E-state index in [1.54, 1.807) is 0 Å². The van der Waals surface area contributed by atoms with Crippen LogP contribution in [0.3, 0.4) is 0 Å². The summed E-state index contributed by atoms with van der Waals surface area (Å²) in [5, 5.41) is 7.97. The SMILES string of the molecule is Cc1noc([C@H](N[C@@H]2CCC[C@H]2Cc2ccccc2)C2CCOCC2)n1. The van der Waals surface area contributed by atoms with Gasteiger partial charge in [-0.1, -0.05) is 41.9 Å². The van der Waals surface area contributed by atoms with Gasteiger partial charge in [-0.15, -0.1) is 0 Å². The molecule has 1 N–H and O–H groups in total. The molecule has 0 radical (unpaired) electrons. The van der Waals surface area contributed by atoms with Crippen molar-refractivity contribution < 1.29 is 9.26 Å². The summed E-state index contributed by atoms with van der Waals surface area (Å²) in [6, 6.07) is 11.5. The summed E-state index contributed by atoms with van der Waals surface area (Å²) in [6.07, 6.45) is 7.05. The number of benzene rings is 1. The largest absolute Gasteiger partial charge is 0.381 e. The third-order valence-electron chi connectivity index (χ3n) is 5.94.